The average molecular weight is 463 g/mol. The Hall–Kier alpha value is -2.87. The lowest BCUT2D eigenvalue weighted by molar-refractivity contribution is -0.127. The Morgan fingerprint density at radius 1 is 1.13 bits per heavy atom. The molecule has 0 spiro atoms. The normalized spacial score (nSPS) is 11.8. The van der Waals surface area contributed by atoms with E-state index in [9.17, 15) is 9.59 Å². The van der Waals surface area contributed by atoms with Crippen LogP contribution in [-0.4, -0.2) is 24.2 Å². The molecule has 1 heterocycles. The van der Waals surface area contributed by atoms with Crippen molar-refractivity contribution in [3.63, 3.8) is 0 Å². The van der Waals surface area contributed by atoms with Gasteiger partial charge in [0.25, 0.3) is 5.91 Å². The molecule has 1 amide bonds. The Bertz CT molecular complexity index is 1050. The van der Waals surface area contributed by atoms with Gasteiger partial charge >= 0.3 is 5.97 Å². The second-order valence-corrected chi connectivity index (χ2v) is 7.80. The van der Waals surface area contributed by atoms with Crippen molar-refractivity contribution in [3.8, 4) is 11.5 Å². The van der Waals surface area contributed by atoms with E-state index in [1.54, 1.807) is 60.8 Å². The molecular weight excluding hydrogens is 447 g/mol. The van der Waals surface area contributed by atoms with Gasteiger partial charge in [-0.3, -0.25) is 4.79 Å². The number of rotatable bonds is 7. The van der Waals surface area contributed by atoms with E-state index in [1.807, 2.05) is 0 Å². The minimum Gasteiger partial charge on any atom is -0.479 e. The number of thiophene rings is 1. The molecule has 1 N–H and O–H groups in total. The number of carbonyl (C=O) groups is 2. The van der Waals surface area contributed by atoms with E-state index in [1.165, 1.54) is 23.6 Å². The van der Waals surface area contributed by atoms with Gasteiger partial charge in [-0.25, -0.2) is 10.2 Å². The van der Waals surface area contributed by atoms with E-state index >= 15 is 0 Å². The number of carbonyl (C=O) groups excluding carboxylic acids is 2. The first kappa shape index (κ1) is 21.8. The molecule has 0 fully saturated rings. The molecule has 9 heteroatoms. The summed E-state index contributed by atoms with van der Waals surface area (Å²) < 4.78 is 10.8. The third kappa shape index (κ3) is 6.06. The molecule has 6 nitrogen and oxygen atoms in total. The minimum absolute atomic E-state index is 0.311. The number of hydrogen-bond acceptors (Lipinski definition) is 6. The van der Waals surface area contributed by atoms with Crippen molar-refractivity contribution in [1.82, 2.24) is 5.43 Å². The van der Waals surface area contributed by atoms with Crippen molar-refractivity contribution in [3.05, 3.63) is 80.5 Å². The Morgan fingerprint density at radius 3 is 2.57 bits per heavy atom. The van der Waals surface area contributed by atoms with E-state index in [0.29, 0.717) is 32.0 Å². The Morgan fingerprint density at radius 2 is 1.90 bits per heavy atom. The van der Waals surface area contributed by atoms with E-state index in [4.69, 9.17) is 32.7 Å². The van der Waals surface area contributed by atoms with Crippen molar-refractivity contribution < 1.29 is 19.1 Å². The summed E-state index contributed by atoms with van der Waals surface area (Å²) in [5.41, 5.74) is 3.11. The summed E-state index contributed by atoms with van der Waals surface area (Å²) in [6, 6.07) is 14.9. The van der Waals surface area contributed by atoms with Crippen LogP contribution in [0.2, 0.25) is 10.0 Å². The van der Waals surface area contributed by atoms with Crippen LogP contribution in [0.4, 0.5) is 0 Å². The smallest absolute Gasteiger partial charge is 0.353 e. The van der Waals surface area contributed by atoms with Gasteiger partial charge in [0.2, 0.25) is 0 Å². The van der Waals surface area contributed by atoms with Gasteiger partial charge in [-0.05, 0) is 66.4 Å². The third-order valence-corrected chi connectivity index (χ3v) is 5.15. The number of benzene rings is 2. The van der Waals surface area contributed by atoms with Crippen LogP contribution in [-0.2, 0) is 4.79 Å². The predicted octanol–water partition coefficient (Wildman–Crippen LogP) is 5.19. The van der Waals surface area contributed by atoms with E-state index in [-0.39, 0.29) is 0 Å². The summed E-state index contributed by atoms with van der Waals surface area (Å²) >= 11 is 13.2. The molecule has 2 aromatic carbocycles. The third-order valence-electron chi connectivity index (χ3n) is 3.77. The highest BCUT2D eigenvalue weighted by atomic mass is 35.5. The molecule has 0 unspecified atom stereocenters. The molecule has 3 rings (SSSR count). The maximum Gasteiger partial charge on any atom is 0.353 e. The first-order chi connectivity index (χ1) is 14.4. The molecular formula is C21H16Cl2N2O4S. The Balaban J connectivity index is 1.50. The van der Waals surface area contributed by atoms with Crippen LogP contribution in [0.3, 0.4) is 0 Å². The van der Waals surface area contributed by atoms with Gasteiger partial charge in [-0.2, -0.15) is 5.10 Å². The molecule has 3 aromatic rings. The SMILES string of the molecule is C[C@@H](Oc1ccc(Cl)cc1Cl)C(=O)N/N=C\c1ccc(OC(=O)c2cccs2)cc1. The molecule has 0 aliphatic rings. The minimum atomic E-state index is -0.820. The maximum atomic E-state index is 12.1. The lowest BCUT2D eigenvalue weighted by Crippen LogP contribution is -2.33. The van der Waals surface area contributed by atoms with Gasteiger partial charge in [0.15, 0.2) is 6.10 Å². The molecule has 0 radical (unpaired) electrons. The van der Waals surface area contributed by atoms with Crippen LogP contribution >= 0.6 is 34.5 Å². The van der Waals surface area contributed by atoms with Gasteiger partial charge < -0.3 is 9.47 Å². The monoisotopic (exact) mass is 462 g/mol. The zero-order valence-electron chi connectivity index (χ0n) is 15.7. The summed E-state index contributed by atoms with van der Waals surface area (Å²) in [6.07, 6.45) is 0.643. The summed E-state index contributed by atoms with van der Waals surface area (Å²) in [7, 11) is 0. The number of halogens is 2. The zero-order valence-corrected chi connectivity index (χ0v) is 18.0. The molecule has 1 aromatic heterocycles. The fraction of sp³-hybridized carbons (Fsp3) is 0.0952. The van der Waals surface area contributed by atoms with Crippen LogP contribution in [0.1, 0.15) is 22.2 Å². The Kier molecular flexibility index (Phi) is 7.46. The number of ether oxygens (including phenoxy) is 2. The van der Waals surface area contributed by atoms with E-state index in [2.05, 4.69) is 10.5 Å². The average Bonchev–Trinajstić information content (AvgIpc) is 3.26. The molecule has 1 atom stereocenters. The molecule has 0 aliphatic heterocycles. The van der Waals surface area contributed by atoms with Crippen molar-refractivity contribution >= 4 is 52.6 Å². The highest BCUT2D eigenvalue weighted by molar-refractivity contribution is 7.12. The fourth-order valence-corrected chi connectivity index (χ4v) is 3.30. The number of hydrogen-bond donors (Lipinski definition) is 1. The molecule has 0 saturated carbocycles. The quantitative estimate of drug-likeness (QED) is 0.226. The van der Waals surface area contributed by atoms with Crippen LogP contribution in [0.25, 0.3) is 0 Å². The Labute approximate surface area is 187 Å². The lowest BCUT2D eigenvalue weighted by atomic mass is 10.2. The maximum absolute atomic E-state index is 12.1. The van der Waals surface area contributed by atoms with Crippen LogP contribution in [0, 0.1) is 0 Å². The molecule has 30 heavy (non-hydrogen) atoms. The van der Waals surface area contributed by atoms with Gasteiger partial charge in [0, 0.05) is 5.02 Å². The van der Waals surface area contributed by atoms with Crippen LogP contribution < -0.4 is 14.9 Å². The first-order valence-electron chi connectivity index (χ1n) is 8.73. The van der Waals surface area contributed by atoms with Gasteiger partial charge in [-0.1, -0.05) is 29.3 Å². The number of amides is 1. The molecule has 154 valence electrons. The van der Waals surface area contributed by atoms with Crippen molar-refractivity contribution in [2.75, 3.05) is 0 Å². The molecule has 0 aliphatic carbocycles. The second kappa shape index (κ2) is 10.2. The first-order valence-corrected chi connectivity index (χ1v) is 10.4. The summed E-state index contributed by atoms with van der Waals surface area (Å²) in [5.74, 6) is -0.0935. The summed E-state index contributed by atoms with van der Waals surface area (Å²) in [5, 5.41) is 6.50. The van der Waals surface area contributed by atoms with Gasteiger partial charge in [0.05, 0.1) is 11.2 Å². The largest absolute Gasteiger partial charge is 0.479 e. The topological polar surface area (TPSA) is 77.0 Å². The predicted molar refractivity (Wildman–Crippen MR) is 118 cm³/mol. The standard InChI is InChI=1S/C21H16Cl2N2O4S/c1-13(28-18-9-6-15(22)11-17(18)23)20(26)25-24-12-14-4-7-16(8-5-14)29-21(27)19-3-2-10-30-19/h2-13H,1H3,(H,25,26)/b24-12-/t13-/m1/s1. The second-order valence-electron chi connectivity index (χ2n) is 6.00. The van der Waals surface area contributed by atoms with E-state index < -0.39 is 18.0 Å². The number of nitrogens with one attached hydrogen (secondary N) is 1. The molecule has 0 bridgehead atoms. The number of esters is 1. The van der Waals surface area contributed by atoms with E-state index in [0.717, 1.165) is 0 Å². The van der Waals surface area contributed by atoms with Crippen molar-refractivity contribution in [1.29, 1.82) is 0 Å². The fourth-order valence-electron chi connectivity index (χ4n) is 2.25. The van der Waals surface area contributed by atoms with Gasteiger partial charge in [0.1, 0.15) is 16.4 Å². The summed E-state index contributed by atoms with van der Waals surface area (Å²) in [6.45, 7) is 1.58. The lowest BCUT2D eigenvalue weighted by Gasteiger charge is -2.14. The highest BCUT2D eigenvalue weighted by Crippen LogP contribution is 2.28. The van der Waals surface area contributed by atoms with Crippen LogP contribution in [0.15, 0.2) is 65.1 Å². The van der Waals surface area contributed by atoms with Gasteiger partial charge in [-0.15, -0.1) is 11.3 Å². The summed E-state index contributed by atoms with van der Waals surface area (Å²) in [4.78, 5) is 24.6. The van der Waals surface area contributed by atoms with Crippen molar-refractivity contribution in [2.24, 2.45) is 5.10 Å². The molecule has 0 saturated heterocycles. The number of hydrazone groups is 1. The zero-order chi connectivity index (χ0) is 21.5. The highest BCUT2D eigenvalue weighted by Gasteiger charge is 2.15. The van der Waals surface area contributed by atoms with Crippen molar-refractivity contribution in [2.45, 2.75) is 13.0 Å². The van der Waals surface area contributed by atoms with Crippen LogP contribution in [0.5, 0.6) is 11.5 Å². The number of nitrogens with zero attached hydrogens (tertiary/aromatic N) is 1.